The van der Waals surface area contributed by atoms with Gasteiger partial charge in [-0.1, -0.05) is 0 Å². The van der Waals surface area contributed by atoms with Crippen molar-refractivity contribution in [3.63, 3.8) is 0 Å². The zero-order valence-electron chi connectivity index (χ0n) is 37.0. The Bertz CT molecular complexity index is 1540. The highest BCUT2D eigenvalue weighted by Crippen LogP contribution is 2.37. The number of aliphatic hydroxyl groups excluding tert-OH is 21. The molecule has 5 heterocycles. The van der Waals surface area contributed by atoms with Crippen molar-refractivity contribution in [1.82, 2.24) is 0 Å². The summed E-state index contributed by atoms with van der Waals surface area (Å²) in [4.78, 5) is 0. The molecule has 70 heavy (non-hydrogen) atoms. The lowest BCUT2D eigenvalue weighted by Crippen LogP contribution is -2.69. The van der Waals surface area contributed by atoms with Gasteiger partial charge in [0.25, 0.3) is 0 Å². The molecule has 5 aliphatic rings. The fraction of sp³-hybridized carbons (Fsp3) is 1.00. The van der Waals surface area contributed by atoms with E-state index in [-0.39, 0.29) is 19.6 Å². The fourth-order valence-electron chi connectivity index (χ4n) is 8.50. The van der Waals surface area contributed by atoms with Gasteiger partial charge in [-0.05, 0) is 13.0 Å². The lowest BCUT2D eigenvalue weighted by atomic mass is 9.92. The Hall–Kier alpha value is -1.28. The number of ether oxygens (including phenoxy) is 10. The quantitative estimate of drug-likeness (QED) is 0.0448. The molecule has 0 aromatic heterocycles. The number of hydrogen-bond acceptors (Lipinski definition) is 32. The zero-order valence-corrected chi connectivity index (χ0v) is 37.0. The van der Waals surface area contributed by atoms with Crippen molar-refractivity contribution in [2.45, 2.75) is 190 Å². The van der Waals surface area contributed by atoms with Crippen molar-refractivity contribution in [1.29, 1.82) is 0 Å². The summed E-state index contributed by atoms with van der Waals surface area (Å²) >= 11 is 0. The highest BCUT2D eigenvalue weighted by molar-refractivity contribution is 5.01. The summed E-state index contributed by atoms with van der Waals surface area (Å²) in [6, 6.07) is 0. The third-order valence-electron chi connectivity index (χ3n) is 12.6. The van der Waals surface area contributed by atoms with E-state index < -0.39 is 217 Å². The van der Waals surface area contributed by atoms with Crippen molar-refractivity contribution in [3.05, 3.63) is 0 Å². The second-order valence-corrected chi connectivity index (χ2v) is 17.4. The molecule has 30 atom stereocenters. The minimum Gasteiger partial charge on any atom is -0.394 e. The molecule has 412 valence electrons. The topological polar surface area (TPSA) is 543 Å². The molecule has 5 fully saturated rings. The van der Waals surface area contributed by atoms with E-state index in [1.165, 1.54) is 0 Å². The molecule has 5 rings (SSSR count). The van der Waals surface area contributed by atoms with Gasteiger partial charge in [-0.15, -0.1) is 0 Å². The van der Waals surface area contributed by atoms with E-state index in [2.05, 4.69) is 0 Å². The Labute approximate surface area is 396 Å². The SMILES string of the molecule is NCCCO[C@H]1O[C@H]([C@H](O)CO)[C@@H](O)[C@H](O)[C@@H]1O[C@H]1O[C@H]([C@H](O)CO)[C@@H](O)[C@H](O)[C@@H]1O[C@H]1O[C@H]([C@@H](CO)O[C@H]2O[C@H]([C@H](O)CO)[C@@H](O)[C@H](O[C@H]3O[C@H](C(O)CO)[C@@H](O)[C@H](O)[C@@H]3O)[C@@H]2O)[C@@H](O)[C@H](O)[C@@H]1O. The van der Waals surface area contributed by atoms with Gasteiger partial charge in [-0.25, -0.2) is 0 Å². The van der Waals surface area contributed by atoms with E-state index in [0.29, 0.717) is 0 Å². The van der Waals surface area contributed by atoms with Gasteiger partial charge in [0.1, 0.15) is 153 Å². The van der Waals surface area contributed by atoms with Gasteiger partial charge in [0.2, 0.25) is 0 Å². The molecule has 1 unspecified atom stereocenters. The predicted octanol–water partition coefficient (Wildman–Crippen LogP) is -14.7. The van der Waals surface area contributed by atoms with Crippen molar-refractivity contribution in [2.24, 2.45) is 5.73 Å². The molecule has 32 nitrogen and oxygen atoms in total. The summed E-state index contributed by atoms with van der Waals surface area (Å²) in [5, 5.41) is 222. The minimum atomic E-state index is -2.33. The van der Waals surface area contributed by atoms with Crippen LogP contribution < -0.4 is 5.73 Å². The molecular weight excluding hydrogens is 966 g/mol. The summed E-state index contributed by atoms with van der Waals surface area (Å²) in [5.74, 6) is 0. The summed E-state index contributed by atoms with van der Waals surface area (Å²) in [6.45, 7) is -5.52. The maximum atomic E-state index is 11.5. The van der Waals surface area contributed by atoms with E-state index in [0.717, 1.165) is 0 Å². The minimum absolute atomic E-state index is 0.0876. The first-order chi connectivity index (χ1) is 33.1. The molecule has 0 amide bonds. The van der Waals surface area contributed by atoms with Crippen LogP contribution in [0.4, 0.5) is 0 Å². The molecule has 0 spiro atoms. The number of nitrogens with two attached hydrogens (primary N) is 1. The first-order valence-corrected chi connectivity index (χ1v) is 22.3. The van der Waals surface area contributed by atoms with Crippen LogP contribution in [0.5, 0.6) is 0 Å². The van der Waals surface area contributed by atoms with Crippen molar-refractivity contribution < 1.29 is 155 Å². The first-order valence-electron chi connectivity index (χ1n) is 22.3. The lowest BCUT2D eigenvalue weighted by molar-refractivity contribution is -0.404. The third kappa shape index (κ3) is 12.9. The number of rotatable bonds is 22. The lowest BCUT2D eigenvalue weighted by Gasteiger charge is -2.50. The van der Waals surface area contributed by atoms with E-state index >= 15 is 0 Å². The predicted molar refractivity (Wildman–Crippen MR) is 214 cm³/mol. The molecule has 0 radical (unpaired) electrons. The van der Waals surface area contributed by atoms with E-state index in [1.54, 1.807) is 0 Å². The summed E-state index contributed by atoms with van der Waals surface area (Å²) in [6.07, 6.45) is -62.1. The Balaban J connectivity index is 1.42. The van der Waals surface area contributed by atoms with Gasteiger partial charge >= 0.3 is 0 Å². The highest BCUT2D eigenvalue weighted by atomic mass is 16.8. The second kappa shape index (κ2) is 26.5. The largest absolute Gasteiger partial charge is 0.394 e. The molecule has 0 aliphatic carbocycles. The monoisotopic (exact) mass is 1040 g/mol. The van der Waals surface area contributed by atoms with E-state index in [4.69, 9.17) is 53.1 Å². The van der Waals surface area contributed by atoms with Gasteiger partial charge in [-0.3, -0.25) is 0 Å². The summed E-state index contributed by atoms with van der Waals surface area (Å²) in [7, 11) is 0. The Kier molecular flexibility index (Phi) is 22.5. The van der Waals surface area contributed by atoms with Crippen LogP contribution in [0.25, 0.3) is 0 Å². The van der Waals surface area contributed by atoms with E-state index in [1.807, 2.05) is 0 Å². The molecule has 23 N–H and O–H groups in total. The molecular formula is C38H69NO31. The zero-order chi connectivity index (χ0) is 52.0. The van der Waals surface area contributed by atoms with Gasteiger partial charge in [0.15, 0.2) is 31.5 Å². The van der Waals surface area contributed by atoms with Crippen LogP contribution in [0.3, 0.4) is 0 Å². The van der Waals surface area contributed by atoms with Crippen LogP contribution in [0.1, 0.15) is 6.42 Å². The first kappa shape index (κ1) is 59.6. The molecule has 5 saturated heterocycles. The van der Waals surface area contributed by atoms with Crippen molar-refractivity contribution in [2.75, 3.05) is 46.2 Å². The average Bonchev–Trinajstić information content (AvgIpc) is 3.35. The standard InChI is InChI=1S/C38H69NO31/c39-2-1-3-61-37-32(20(55)18(53)27(65-37)10(46)5-41)70-38-33(21(56)19(54)28(66-38)11(47)6-42)69-35-23(58)15(50)17(52)30(67-35)13(8-44)62-36-25(60)31(24(59)29(64-36)12(48)7-43)68-34-22(57)14(49)16(51)26(63-34)9(45)4-40/h9-38,40-60H,1-8,39H2/t9?,10-,11-,12-,13-,14+,15+,16+,17+,18+,19+,20+,21+,22+,23+,24-,25+,26-,27-,28-,29-,30-,31+,32+,33+,34-,35-,36+,37+,38-/m1/s1. The highest BCUT2D eigenvalue weighted by Gasteiger charge is 2.58. The van der Waals surface area contributed by atoms with Crippen LogP contribution in [0.2, 0.25) is 0 Å². The second-order valence-electron chi connectivity index (χ2n) is 17.4. The molecule has 0 bridgehead atoms. The van der Waals surface area contributed by atoms with Crippen molar-refractivity contribution >= 4 is 0 Å². The van der Waals surface area contributed by atoms with Gasteiger partial charge in [0.05, 0.1) is 39.6 Å². The summed E-state index contributed by atoms with van der Waals surface area (Å²) in [5.41, 5.74) is 5.56. The van der Waals surface area contributed by atoms with Gasteiger partial charge in [-0.2, -0.15) is 0 Å². The van der Waals surface area contributed by atoms with Crippen LogP contribution in [0.15, 0.2) is 0 Å². The molecule has 0 aromatic rings. The molecule has 5 aliphatic heterocycles. The van der Waals surface area contributed by atoms with Crippen LogP contribution in [-0.4, -0.2) is 337 Å². The molecule has 0 aromatic carbocycles. The van der Waals surface area contributed by atoms with Crippen LogP contribution >= 0.6 is 0 Å². The third-order valence-corrected chi connectivity index (χ3v) is 12.6. The van der Waals surface area contributed by atoms with Crippen LogP contribution in [0, 0.1) is 0 Å². The fourth-order valence-corrected chi connectivity index (χ4v) is 8.50. The van der Waals surface area contributed by atoms with Gasteiger partial charge < -0.3 is 160 Å². The Morgan fingerprint density at radius 1 is 0.357 bits per heavy atom. The molecule has 32 heteroatoms. The van der Waals surface area contributed by atoms with Gasteiger partial charge in [0, 0.05) is 0 Å². The normalized spacial score (nSPS) is 47.3. The Morgan fingerprint density at radius 3 is 1.17 bits per heavy atom. The maximum Gasteiger partial charge on any atom is 0.187 e. The van der Waals surface area contributed by atoms with Crippen molar-refractivity contribution in [3.8, 4) is 0 Å². The number of hydrogen-bond donors (Lipinski definition) is 22. The molecule has 0 saturated carbocycles. The maximum absolute atomic E-state index is 11.5. The number of aliphatic hydroxyl groups is 21. The smallest absolute Gasteiger partial charge is 0.187 e. The Morgan fingerprint density at radius 2 is 0.714 bits per heavy atom. The van der Waals surface area contributed by atoms with E-state index in [9.17, 15) is 107 Å². The average molecular weight is 1040 g/mol. The van der Waals surface area contributed by atoms with Crippen LogP contribution in [-0.2, 0) is 47.4 Å². The summed E-state index contributed by atoms with van der Waals surface area (Å²) < 4.78 is 56.6.